The van der Waals surface area contributed by atoms with Crippen molar-refractivity contribution >= 4 is 32.1 Å². The highest BCUT2D eigenvalue weighted by Gasteiger charge is 2.17. The van der Waals surface area contributed by atoms with E-state index >= 15 is 0 Å². The largest absolute Gasteiger partial charge is 0.318 e. The van der Waals surface area contributed by atoms with Crippen molar-refractivity contribution < 1.29 is 0 Å². The van der Waals surface area contributed by atoms with Crippen LogP contribution in [0, 0.1) is 0 Å². The predicted molar refractivity (Wildman–Crippen MR) is 76.0 cm³/mol. The summed E-state index contributed by atoms with van der Waals surface area (Å²) >= 11 is 3.51. The van der Waals surface area contributed by atoms with Crippen molar-refractivity contribution in [1.82, 2.24) is 15.0 Å². The van der Waals surface area contributed by atoms with E-state index in [0.717, 1.165) is 18.7 Å². The van der Waals surface area contributed by atoms with Crippen LogP contribution in [-0.4, -0.2) is 15.0 Å². The average molecular weight is 278 g/mol. The molecule has 3 aromatic rings. The lowest BCUT2D eigenvalue weighted by atomic mass is 10.2. The van der Waals surface area contributed by atoms with Gasteiger partial charge >= 0.3 is 0 Å². The molecule has 3 rings (SSSR count). The van der Waals surface area contributed by atoms with Crippen molar-refractivity contribution in [2.75, 3.05) is 0 Å². The van der Waals surface area contributed by atoms with Gasteiger partial charge in [0.15, 0.2) is 0 Å². The minimum absolute atomic E-state index is 0.129. The Morgan fingerprint density at radius 3 is 3.11 bits per heavy atom. The highest BCUT2D eigenvalue weighted by molar-refractivity contribution is 7.26. The van der Waals surface area contributed by atoms with Crippen LogP contribution in [-0.2, 0) is 6.54 Å². The standard InChI is InChI=1S/C12H14N4S2/c1-2-4-16-8(7-14-15-16)12(13)11-6-10-9(18-11)3-5-17-10/h3,5-7,12H,2,4,13H2,1H3. The maximum absolute atomic E-state index is 6.33. The number of hydrogen-bond donors (Lipinski definition) is 1. The Kier molecular flexibility index (Phi) is 3.15. The van der Waals surface area contributed by atoms with Gasteiger partial charge in [0, 0.05) is 20.8 Å². The summed E-state index contributed by atoms with van der Waals surface area (Å²) in [6, 6.07) is 4.19. The van der Waals surface area contributed by atoms with E-state index in [0.29, 0.717) is 0 Å². The van der Waals surface area contributed by atoms with E-state index in [-0.39, 0.29) is 6.04 Å². The molecule has 0 bridgehead atoms. The van der Waals surface area contributed by atoms with Crippen molar-refractivity contribution in [3.63, 3.8) is 0 Å². The van der Waals surface area contributed by atoms with E-state index in [1.165, 1.54) is 14.3 Å². The Hall–Kier alpha value is -1.24. The summed E-state index contributed by atoms with van der Waals surface area (Å²) in [6.45, 7) is 2.99. The summed E-state index contributed by atoms with van der Waals surface area (Å²) in [6.07, 6.45) is 2.80. The molecule has 1 unspecified atom stereocenters. The second-order valence-electron chi connectivity index (χ2n) is 4.16. The average Bonchev–Trinajstić information content (AvgIpc) is 3.02. The quantitative estimate of drug-likeness (QED) is 0.798. The molecule has 0 fully saturated rings. The number of nitrogens with zero attached hydrogens (tertiary/aromatic N) is 3. The van der Waals surface area contributed by atoms with Gasteiger partial charge in [-0.15, -0.1) is 27.8 Å². The van der Waals surface area contributed by atoms with Gasteiger partial charge in [0.1, 0.15) is 0 Å². The number of rotatable bonds is 4. The first kappa shape index (κ1) is 11.8. The number of thiophene rings is 2. The SMILES string of the molecule is CCCn1nncc1C(N)c1cc2sccc2s1. The van der Waals surface area contributed by atoms with Crippen LogP contribution in [0.1, 0.15) is 30.0 Å². The molecule has 3 heterocycles. The van der Waals surface area contributed by atoms with Crippen LogP contribution in [0.4, 0.5) is 0 Å². The maximum atomic E-state index is 6.33. The first-order chi connectivity index (χ1) is 8.79. The maximum Gasteiger partial charge on any atom is 0.0834 e. The summed E-state index contributed by atoms with van der Waals surface area (Å²) in [4.78, 5) is 1.18. The van der Waals surface area contributed by atoms with Gasteiger partial charge in [-0.05, 0) is 23.9 Å². The smallest absolute Gasteiger partial charge is 0.0834 e. The third-order valence-electron chi connectivity index (χ3n) is 2.87. The van der Waals surface area contributed by atoms with E-state index in [1.54, 1.807) is 28.9 Å². The minimum Gasteiger partial charge on any atom is -0.318 e. The third-order valence-corrected chi connectivity index (χ3v) is 5.04. The Bertz CT molecular complexity index is 623. The normalized spacial score (nSPS) is 13.2. The van der Waals surface area contributed by atoms with Gasteiger partial charge in [0.2, 0.25) is 0 Å². The molecule has 3 aromatic heterocycles. The van der Waals surface area contributed by atoms with Gasteiger partial charge < -0.3 is 5.73 Å². The second-order valence-corrected chi connectivity index (χ2v) is 6.22. The molecule has 0 amide bonds. The van der Waals surface area contributed by atoms with Crippen LogP contribution in [0.5, 0.6) is 0 Å². The Labute approximate surface area is 113 Å². The van der Waals surface area contributed by atoms with Crippen LogP contribution < -0.4 is 5.73 Å². The first-order valence-corrected chi connectivity index (χ1v) is 7.60. The molecule has 0 saturated heterocycles. The second kappa shape index (κ2) is 4.79. The van der Waals surface area contributed by atoms with Crippen LogP contribution >= 0.6 is 22.7 Å². The molecule has 2 N–H and O–H groups in total. The van der Waals surface area contributed by atoms with Crippen LogP contribution in [0.25, 0.3) is 9.40 Å². The van der Waals surface area contributed by atoms with Gasteiger partial charge in [-0.1, -0.05) is 12.1 Å². The summed E-state index contributed by atoms with van der Waals surface area (Å²) in [7, 11) is 0. The van der Waals surface area contributed by atoms with Crippen LogP contribution in [0.2, 0.25) is 0 Å². The van der Waals surface area contributed by atoms with E-state index in [9.17, 15) is 0 Å². The number of fused-ring (bicyclic) bond motifs is 1. The van der Waals surface area contributed by atoms with E-state index in [1.807, 2.05) is 4.68 Å². The Morgan fingerprint density at radius 1 is 1.44 bits per heavy atom. The van der Waals surface area contributed by atoms with Gasteiger partial charge in [-0.2, -0.15) is 0 Å². The van der Waals surface area contributed by atoms with E-state index < -0.39 is 0 Å². The lowest BCUT2D eigenvalue weighted by Gasteiger charge is -2.10. The fourth-order valence-electron chi connectivity index (χ4n) is 1.98. The van der Waals surface area contributed by atoms with Gasteiger partial charge in [0.05, 0.1) is 17.9 Å². The molecule has 0 aliphatic carbocycles. The first-order valence-electron chi connectivity index (χ1n) is 5.90. The number of aromatic nitrogens is 3. The third kappa shape index (κ3) is 1.96. The van der Waals surface area contributed by atoms with Gasteiger partial charge in [-0.25, -0.2) is 4.68 Å². The molecule has 0 aromatic carbocycles. The fourth-order valence-corrected chi connectivity index (χ4v) is 4.11. The fraction of sp³-hybridized carbons (Fsp3) is 0.333. The lowest BCUT2D eigenvalue weighted by Crippen LogP contribution is -2.16. The number of nitrogens with two attached hydrogens (primary N) is 1. The summed E-state index contributed by atoms with van der Waals surface area (Å²) in [5.41, 5.74) is 7.32. The molecule has 0 radical (unpaired) electrons. The molecule has 94 valence electrons. The van der Waals surface area contributed by atoms with E-state index in [2.05, 4.69) is 34.7 Å². The van der Waals surface area contributed by atoms with Crippen molar-refractivity contribution in [2.45, 2.75) is 25.9 Å². The van der Waals surface area contributed by atoms with Gasteiger partial charge in [0.25, 0.3) is 0 Å². The van der Waals surface area contributed by atoms with Crippen molar-refractivity contribution in [3.8, 4) is 0 Å². The zero-order valence-corrected chi connectivity index (χ0v) is 11.7. The molecular weight excluding hydrogens is 264 g/mol. The zero-order chi connectivity index (χ0) is 12.5. The summed E-state index contributed by atoms with van der Waals surface area (Å²) in [5.74, 6) is 0. The number of hydrogen-bond acceptors (Lipinski definition) is 5. The summed E-state index contributed by atoms with van der Waals surface area (Å²) in [5, 5.41) is 10.2. The molecule has 0 spiro atoms. The monoisotopic (exact) mass is 278 g/mol. The highest BCUT2D eigenvalue weighted by atomic mass is 32.1. The van der Waals surface area contributed by atoms with Crippen molar-refractivity contribution in [1.29, 1.82) is 0 Å². The number of aryl methyl sites for hydroxylation is 1. The lowest BCUT2D eigenvalue weighted by molar-refractivity contribution is 0.545. The van der Waals surface area contributed by atoms with Crippen LogP contribution in [0.15, 0.2) is 23.7 Å². The topological polar surface area (TPSA) is 56.7 Å². The van der Waals surface area contributed by atoms with Crippen molar-refractivity contribution in [2.24, 2.45) is 5.73 Å². The molecule has 4 nitrogen and oxygen atoms in total. The minimum atomic E-state index is -0.129. The van der Waals surface area contributed by atoms with E-state index in [4.69, 9.17) is 5.73 Å². The Morgan fingerprint density at radius 2 is 2.33 bits per heavy atom. The Balaban J connectivity index is 1.95. The zero-order valence-electron chi connectivity index (χ0n) is 10.0. The molecule has 18 heavy (non-hydrogen) atoms. The van der Waals surface area contributed by atoms with Crippen molar-refractivity contribution in [3.05, 3.63) is 34.3 Å². The molecule has 0 aliphatic rings. The molecule has 0 aliphatic heterocycles. The molecule has 0 saturated carbocycles. The predicted octanol–water partition coefficient (Wildman–Crippen LogP) is 3.01. The summed E-state index contributed by atoms with van der Waals surface area (Å²) < 4.78 is 4.51. The molecular formula is C12H14N4S2. The highest BCUT2D eigenvalue weighted by Crippen LogP contribution is 2.34. The van der Waals surface area contributed by atoms with Crippen LogP contribution in [0.3, 0.4) is 0 Å². The molecule has 1 atom stereocenters. The molecule has 6 heteroatoms. The van der Waals surface area contributed by atoms with Gasteiger partial charge in [-0.3, -0.25) is 0 Å².